The fraction of sp³-hybridized carbons (Fsp3) is 0.793. The highest BCUT2D eigenvalue weighted by atomic mass is 32.1. The Hall–Kier alpha value is -1.44. The largest absolute Gasteiger partial charge is 0.462 e. The lowest BCUT2D eigenvalue weighted by molar-refractivity contribution is -0.159. The number of hydrogen-bond acceptors (Lipinski definition) is 7. The molecule has 1 aromatic rings. The quantitative estimate of drug-likeness (QED) is 0.518. The number of carbonyl (C=O) groups excluding carboxylic acids is 1. The van der Waals surface area contributed by atoms with Crippen LogP contribution in [0.3, 0.4) is 0 Å². The van der Waals surface area contributed by atoms with Crippen LogP contribution in [0.15, 0.2) is 6.08 Å². The number of rotatable bonds is 5. The van der Waals surface area contributed by atoms with Crippen LogP contribution in [0.1, 0.15) is 82.7 Å². The highest BCUT2D eigenvalue weighted by molar-refractivity contribution is 7.16. The summed E-state index contributed by atoms with van der Waals surface area (Å²) in [4.78, 5) is 21.3. The van der Waals surface area contributed by atoms with E-state index in [9.17, 15) is 4.79 Å². The molecule has 1 aliphatic heterocycles. The first-order valence-corrected chi connectivity index (χ1v) is 15.2. The van der Waals surface area contributed by atoms with Crippen LogP contribution in [0, 0.1) is 28.6 Å². The van der Waals surface area contributed by atoms with Crippen molar-refractivity contribution in [2.45, 2.75) is 84.7 Å². The minimum absolute atomic E-state index is 0.00952. The molecule has 0 radical (unpaired) electrons. The first kappa shape index (κ1) is 24.9. The maximum Gasteiger partial charge on any atom is 0.306 e. The molecule has 0 bridgehead atoms. The maximum atomic E-state index is 12.3. The van der Waals surface area contributed by atoms with Crippen LogP contribution in [0.2, 0.25) is 0 Å². The number of allylic oxidation sites excluding steroid dienone is 2. The maximum absolute atomic E-state index is 12.3. The number of piperazine rings is 1. The Kier molecular flexibility index (Phi) is 6.49. The van der Waals surface area contributed by atoms with E-state index >= 15 is 0 Å². The second-order valence-corrected chi connectivity index (χ2v) is 13.7. The monoisotopic (exact) mass is 512 g/mol. The van der Waals surface area contributed by atoms with Crippen LogP contribution in [0.5, 0.6) is 0 Å². The van der Waals surface area contributed by atoms with Crippen LogP contribution < -0.4 is 5.43 Å². The van der Waals surface area contributed by atoms with Gasteiger partial charge in [0.05, 0.1) is 10.6 Å². The van der Waals surface area contributed by atoms with Gasteiger partial charge in [-0.2, -0.15) is 0 Å². The molecule has 0 spiro atoms. The average molecular weight is 513 g/mol. The number of aryl methyl sites for hydroxylation is 1. The third-order valence-corrected chi connectivity index (χ3v) is 11.7. The number of fused-ring (bicyclic) bond motifs is 7. The number of nitrogens with zero attached hydrogens (tertiary/aromatic N) is 3. The summed E-state index contributed by atoms with van der Waals surface area (Å²) < 4.78 is 6.08. The molecule has 2 heterocycles. The Morgan fingerprint density at radius 2 is 1.97 bits per heavy atom. The molecule has 6 rings (SSSR count). The zero-order chi connectivity index (χ0) is 25.1. The van der Waals surface area contributed by atoms with Crippen molar-refractivity contribution in [3.8, 4) is 0 Å². The number of likely N-dealkylation sites (N-methyl/N-ethyl adjacent to an activating group) is 1. The lowest BCUT2D eigenvalue weighted by Gasteiger charge is -2.56. The van der Waals surface area contributed by atoms with Gasteiger partial charge < -0.3 is 9.64 Å². The summed E-state index contributed by atoms with van der Waals surface area (Å²) in [5.41, 5.74) is 6.92. The van der Waals surface area contributed by atoms with Crippen LogP contribution in [-0.2, 0) is 16.0 Å². The molecule has 2 saturated carbocycles. The summed E-state index contributed by atoms with van der Waals surface area (Å²) in [6.45, 7) is 11.3. The predicted octanol–water partition coefficient (Wildman–Crippen LogP) is 5.61. The summed E-state index contributed by atoms with van der Waals surface area (Å²) in [5.74, 6) is 2.12. The number of esters is 1. The van der Waals surface area contributed by atoms with Gasteiger partial charge in [0, 0.05) is 38.0 Å². The summed E-state index contributed by atoms with van der Waals surface area (Å²) in [6.07, 6.45) is 12.3. The number of hydrazine groups is 1. The van der Waals surface area contributed by atoms with Gasteiger partial charge in [-0.3, -0.25) is 10.2 Å². The molecule has 5 aliphatic rings. The number of carbonyl (C=O) groups is 1. The molecule has 0 amide bonds. The van der Waals surface area contributed by atoms with E-state index in [1.54, 1.807) is 5.57 Å². The zero-order valence-electron chi connectivity index (χ0n) is 22.6. The molecule has 7 heteroatoms. The molecule has 1 aromatic heterocycles. The lowest BCUT2D eigenvalue weighted by Crippen LogP contribution is -2.50. The van der Waals surface area contributed by atoms with Gasteiger partial charge in [0.1, 0.15) is 6.10 Å². The normalized spacial score (nSPS) is 38.4. The highest BCUT2D eigenvalue weighted by Crippen LogP contribution is 2.66. The van der Waals surface area contributed by atoms with Gasteiger partial charge in [0.15, 0.2) is 5.13 Å². The van der Waals surface area contributed by atoms with Gasteiger partial charge in [0.25, 0.3) is 0 Å². The number of thiazole rings is 1. The van der Waals surface area contributed by atoms with Gasteiger partial charge in [-0.25, -0.2) is 9.99 Å². The SMILES string of the molecule is CCCC(=O)O[C@H]1CC[C@H]2[C@@H]3CC=C4c5sc(NN6CCN(C)CC6)nc5CC[C@]4(C)[C@H]3CC[C@]12C. The average Bonchev–Trinajstić information content (AvgIpc) is 3.41. The Balaban J connectivity index is 1.21. The molecular formula is C29H44N4O2S. The lowest BCUT2D eigenvalue weighted by atomic mass is 9.48. The molecule has 1 N–H and O–H groups in total. The topological polar surface area (TPSA) is 57.7 Å². The molecule has 4 aliphatic carbocycles. The van der Waals surface area contributed by atoms with E-state index in [1.165, 1.54) is 42.7 Å². The molecule has 36 heavy (non-hydrogen) atoms. The first-order valence-electron chi connectivity index (χ1n) is 14.4. The smallest absolute Gasteiger partial charge is 0.306 e. The highest BCUT2D eigenvalue weighted by Gasteiger charge is 2.60. The molecule has 6 atom stereocenters. The van der Waals surface area contributed by atoms with Gasteiger partial charge in [-0.15, -0.1) is 0 Å². The number of hydrogen-bond donors (Lipinski definition) is 1. The van der Waals surface area contributed by atoms with Crippen LogP contribution in [-0.4, -0.2) is 60.2 Å². The standard InChI is InChI=1S/C29H44N4O2S/c1-5-6-25(34)35-24-10-9-20-19-7-8-22-26-23(12-14-28(22,2)21(19)11-13-29(20,24)3)30-27(36-26)31-33-17-15-32(4)16-18-33/h8,19-21,24H,5-7,9-18H2,1-4H3,(H,30,31)/t19-,20-,21-,24-,28+,29-/m0/s1. The van der Waals surface area contributed by atoms with Crippen molar-refractivity contribution in [2.75, 3.05) is 38.7 Å². The van der Waals surface area contributed by atoms with E-state index in [2.05, 4.69) is 49.2 Å². The van der Waals surface area contributed by atoms with Crippen LogP contribution in [0.25, 0.3) is 5.57 Å². The zero-order valence-corrected chi connectivity index (χ0v) is 23.5. The van der Waals surface area contributed by atoms with Crippen LogP contribution in [0.4, 0.5) is 5.13 Å². The first-order chi connectivity index (χ1) is 17.3. The van der Waals surface area contributed by atoms with E-state index < -0.39 is 0 Å². The Labute approximate surface area is 220 Å². The summed E-state index contributed by atoms with van der Waals surface area (Å²) in [5, 5.41) is 3.40. The number of aromatic nitrogens is 1. The molecule has 198 valence electrons. The second kappa shape index (κ2) is 9.39. The molecule has 0 aromatic carbocycles. The predicted molar refractivity (Wildman–Crippen MR) is 146 cm³/mol. The van der Waals surface area contributed by atoms with E-state index in [4.69, 9.17) is 9.72 Å². The van der Waals surface area contributed by atoms with Crippen molar-refractivity contribution in [3.63, 3.8) is 0 Å². The van der Waals surface area contributed by atoms with E-state index in [0.717, 1.165) is 56.5 Å². The molecule has 3 fully saturated rings. The van der Waals surface area contributed by atoms with Crippen molar-refractivity contribution >= 4 is 28.0 Å². The van der Waals surface area contributed by atoms with Crippen LogP contribution >= 0.6 is 11.3 Å². The molecule has 1 saturated heterocycles. The number of ether oxygens (including phenoxy) is 1. The van der Waals surface area contributed by atoms with Crippen molar-refractivity contribution in [2.24, 2.45) is 28.6 Å². The summed E-state index contributed by atoms with van der Waals surface area (Å²) in [6, 6.07) is 0. The third kappa shape index (κ3) is 4.04. The van der Waals surface area contributed by atoms with Crippen molar-refractivity contribution in [1.82, 2.24) is 14.9 Å². The minimum atomic E-state index is 0.00952. The number of nitrogens with one attached hydrogen (secondary N) is 1. The van der Waals surface area contributed by atoms with E-state index in [-0.39, 0.29) is 22.9 Å². The summed E-state index contributed by atoms with van der Waals surface area (Å²) in [7, 11) is 2.20. The second-order valence-electron chi connectivity index (χ2n) is 12.7. The van der Waals surface area contributed by atoms with Crippen molar-refractivity contribution < 1.29 is 9.53 Å². The Morgan fingerprint density at radius 3 is 2.75 bits per heavy atom. The molecular weight excluding hydrogens is 468 g/mol. The molecule has 6 nitrogen and oxygen atoms in total. The third-order valence-electron chi connectivity index (χ3n) is 10.7. The van der Waals surface area contributed by atoms with Gasteiger partial charge >= 0.3 is 5.97 Å². The Morgan fingerprint density at radius 1 is 1.17 bits per heavy atom. The Bertz CT molecular complexity index is 1030. The van der Waals surface area contributed by atoms with Gasteiger partial charge in [0.2, 0.25) is 0 Å². The number of anilines is 1. The van der Waals surface area contributed by atoms with Gasteiger partial charge in [-0.05, 0) is 87.2 Å². The van der Waals surface area contributed by atoms with Gasteiger partial charge in [-0.1, -0.05) is 38.2 Å². The minimum Gasteiger partial charge on any atom is -0.462 e. The van der Waals surface area contributed by atoms with E-state index in [0.29, 0.717) is 18.3 Å². The fourth-order valence-corrected chi connectivity index (χ4v) is 9.76. The summed E-state index contributed by atoms with van der Waals surface area (Å²) >= 11 is 1.88. The van der Waals surface area contributed by atoms with Crippen molar-refractivity contribution in [1.29, 1.82) is 0 Å². The van der Waals surface area contributed by atoms with E-state index in [1.807, 2.05) is 11.3 Å². The molecule has 0 unspecified atom stereocenters. The fourth-order valence-electron chi connectivity index (χ4n) is 8.54. The van der Waals surface area contributed by atoms with Crippen molar-refractivity contribution in [3.05, 3.63) is 16.6 Å².